The Balaban J connectivity index is 1.58. The first-order chi connectivity index (χ1) is 9.61. The van der Waals surface area contributed by atoms with Crippen molar-refractivity contribution in [2.45, 2.75) is 38.0 Å². The van der Waals surface area contributed by atoms with Gasteiger partial charge in [-0.25, -0.2) is 4.39 Å². The molecule has 1 aromatic heterocycles. The predicted molar refractivity (Wildman–Crippen MR) is 74.6 cm³/mol. The molecule has 2 saturated heterocycles. The fraction of sp³-hybridized carbons (Fsp3) is 0.667. The van der Waals surface area contributed by atoms with Gasteiger partial charge in [0.05, 0.1) is 30.1 Å². The lowest BCUT2D eigenvalue weighted by atomic mass is 9.98. The van der Waals surface area contributed by atoms with Gasteiger partial charge in [-0.1, -0.05) is 6.92 Å². The van der Waals surface area contributed by atoms with Crippen LogP contribution in [0.4, 0.5) is 4.39 Å². The largest absolute Gasteiger partial charge is 0.372 e. The van der Waals surface area contributed by atoms with E-state index in [1.807, 2.05) is 0 Å². The summed E-state index contributed by atoms with van der Waals surface area (Å²) in [6, 6.07) is 2.94. The summed E-state index contributed by atoms with van der Waals surface area (Å²) in [6.07, 6.45) is 4.40. The molecule has 4 nitrogen and oxygen atoms in total. The molecule has 4 unspecified atom stereocenters. The fourth-order valence-corrected chi connectivity index (χ4v) is 3.25. The van der Waals surface area contributed by atoms with Gasteiger partial charge in [0.15, 0.2) is 0 Å². The van der Waals surface area contributed by atoms with Crippen LogP contribution in [0.1, 0.15) is 31.5 Å². The van der Waals surface area contributed by atoms with Crippen LogP contribution >= 0.6 is 0 Å². The Morgan fingerprint density at radius 2 is 2.10 bits per heavy atom. The van der Waals surface area contributed by atoms with Crippen LogP contribution in [0.2, 0.25) is 0 Å². The SMILES string of the molecule is CC(CN1CC2CCC(C1)O2)C(N)c1ccc(F)cn1. The summed E-state index contributed by atoms with van der Waals surface area (Å²) in [5.41, 5.74) is 7.01. The summed E-state index contributed by atoms with van der Waals surface area (Å²) in [6.45, 7) is 5.08. The molecule has 2 N–H and O–H groups in total. The van der Waals surface area contributed by atoms with Gasteiger partial charge >= 0.3 is 0 Å². The lowest BCUT2D eigenvalue weighted by Gasteiger charge is -2.34. The minimum absolute atomic E-state index is 0.156. The molecule has 0 saturated carbocycles. The summed E-state index contributed by atoms with van der Waals surface area (Å²) in [5.74, 6) is -0.0381. The molecule has 0 radical (unpaired) electrons. The Morgan fingerprint density at radius 1 is 1.40 bits per heavy atom. The standard InChI is InChI=1S/C15H22FN3O/c1-10(15(17)14-5-2-11(16)6-18-14)7-19-8-12-3-4-13(9-19)20-12/h2,5-6,10,12-13,15H,3-4,7-9,17H2,1H3. The zero-order valence-corrected chi connectivity index (χ0v) is 11.8. The van der Waals surface area contributed by atoms with Crippen molar-refractivity contribution in [1.82, 2.24) is 9.88 Å². The number of aromatic nitrogens is 1. The average Bonchev–Trinajstić information content (AvgIpc) is 2.78. The second-order valence-electron chi connectivity index (χ2n) is 6.08. The zero-order valence-electron chi connectivity index (χ0n) is 11.8. The van der Waals surface area contributed by atoms with Crippen molar-refractivity contribution in [2.24, 2.45) is 11.7 Å². The molecule has 0 aliphatic carbocycles. The molecule has 2 aliphatic heterocycles. The molecule has 2 bridgehead atoms. The van der Waals surface area contributed by atoms with Gasteiger partial charge in [-0.2, -0.15) is 0 Å². The third-order valence-electron chi connectivity index (χ3n) is 4.37. The minimum atomic E-state index is -0.321. The van der Waals surface area contributed by atoms with Gasteiger partial charge in [-0.15, -0.1) is 0 Å². The van der Waals surface area contributed by atoms with E-state index in [4.69, 9.17) is 10.5 Å². The highest BCUT2D eigenvalue weighted by Crippen LogP contribution is 2.28. The van der Waals surface area contributed by atoms with E-state index in [-0.39, 0.29) is 17.8 Å². The van der Waals surface area contributed by atoms with Crippen LogP contribution in [0.15, 0.2) is 18.3 Å². The number of nitrogens with two attached hydrogens (primary N) is 1. The number of likely N-dealkylation sites (tertiary alicyclic amines) is 1. The summed E-state index contributed by atoms with van der Waals surface area (Å²) in [4.78, 5) is 6.54. The molecule has 3 heterocycles. The molecular formula is C15H22FN3O. The van der Waals surface area contributed by atoms with E-state index in [9.17, 15) is 4.39 Å². The van der Waals surface area contributed by atoms with Crippen LogP contribution in [-0.2, 0) is 4.74 Å². The second-order valence-corrected chi connectivity index (χ2v) is 6.08. The van der Waals surface area contributed by atoms with Crippen molar-refractivity contribution in [3.05, 3.63) is 29.8 Å². The molecule has 2 fully saturated rings. The molecule has 0 amide bonds. The lowest BCUT2D eigenvalue weighted by Crippen LogP contribution is -2.45. The highest BCUT2D eigenvalue weighted by atomic mass is 19.1. The summed E-state index contributed by atoms with van der Waals surface area (Å²) >= 11 is 0. The molecule has 5 heteroatoms. The second kappa shape index (κ2) is 5.76. The number of nitrogens with zero attached hydrogens (tertiary/aromatic N) is 2. The summed E-state index contributed by atoms with van der Waals surface area (Å²) < 4.78 is 18.7. The Kier molecular flexibility index (Phi) is 4.01. The number of pyridine rings is 1. The maximum atomic E-state index is 12.9. The third-order valence-corrected chi connectivity index (χ3v) is 4.37. The topological polar surface area (TPSA) is 51.4 Å². The first-order valence-corrected chi connectivity index (χ1v) is 7.36. The number of halogens is 1. The molecule has 20 heavy (non-hydrogen) atoms. The smallest absolute Gasteiger partial charge is 0.141 e. The maximum Gasteiger partial charge on any atom is 0.141 e. The Morgan fingerprint density at radius 3 is 2.70 bits per heavy atom. The Bertz CT molecular complexity index is 441. The first-order valence-electron chi connectivity index (χ1n) is 7.36. The molecular weight excluding hydrogens is 257 g/mol. The van der Waals surface area contributed by atoms with Gasteiger partial charge in [0.1, 0.15) is 5.82 Å². The van der Waals surface area contributed by atoms with E-state index in [0.29, 0.717) is 12.2 Å². The highest BCUT2D eigenvalue weighted by Gasteiger charge is 2.34. The van der Waals surface area contributed by atoms with Crippen molar-refractivity contribution >= 4 is 0 Å². The number of fused-ring (bicyclic) bond motifs is 2. The Hall–Kier alpha value is -1.04. The summed E-state index contributed by atoms with van der Waals surface area (Å²) in [5, 5.41) is 0. The van der Waals surface area contributed by atoms with Crippen LogP contribution < -0.4 is 5.73 Å². The lowest BCUT2D eigenvalue weighted by molar-refractivity contribution is -0.0428. The quantitative estimate of drug-likeness (QED) is 0.912. The van der Waals surface area contributed by atoms with Crippen molar-refractivity contribution in [3.63, 3.8) is 0 Å². The molecule has 0 aromatic carbocycles. The van der Waals surface area contributed by atoms with Gasteiger partial charge in [-0.3, -0.25) is 9.88 Å². The van der Waals surface area contributed by atoms with Gasteiger partial charge in [-0.05, 0) is 30.9 Å². The van der Waals surface area contributed by atoms with Crippen molar-refractivity contribution in [2.75, 3.05) is 19.6 Å². The van der Waals surface area contributed by atoms with Crippen LogP contribution in [0, 0.1) is 11.7 Å². The average molecular weight is 279 g/mol. The van der Waals surface area contributed by atoms with Gasteiger partial charge in [0.25, 0.3) is 0 Å². The van der Waals surface area contributed by atoms with Crippen molar-refractivity contribution in [3.8, 4) is 0 Å². The third kappa shape index (κ3) is 3.00. The molecule has 110 valence electrons. The molecule has 3 rings (SSSR count). The van der Waals surface area contributed by atoms with E-state index in [2.05, 4.69) is 16.8 Å². The van der Waals surface area contributed by atoms with Gasteiger partial charge < -0.3 is 10.5 Å². The maximum absolute atomic E-state index is 12.9. The van der Waals surface area contributed by atoms with Gasteiger partial charge in [0.2, 0.25) is 0 Å². The number of ether oxygens (including phenoxy) is 1. The molecule has 2 aliphatic rings. The number of hydrogen-bond donors (Lipinski definition) is 1. The van der Waals surface area contributed by atoms with Gasteiger partial charge in [0, 0.05) is 19.6 Å². The van der Waals surface area contributed by atoms with E-state index >= 15 is 0 Å². The highest BCUT2D eigenvalue weighted by molar-refractivity contribution is 5.10. The fourth-order valence-electron chi connectivity index (χ4n) is 3.25. The predicted octanol–water partition coefficient (Wildman–Crippen LogP) is 1.72. The van der Waals surface area contributed by atoms with Crippen LogP contribution in [-0.4, -0.2) is 41.7 Å². The zero-order chi connectivity index (χ0) is 14.1. The normalized spacial score (nSPS) is 29.4. The van der Waals surface area contributed by atoms with E-state index < -0.39 is 0 Å². The van der Waals surface area contributed by atoms with Crippen LogP contribution in [0.5, 0.6) is 0 Å². The minimum Gasteiger partial charge on any atom is -0.372 e. The molecule has 1 aromatic rings. The monoisotopic (exact) mass is 279 g/mol. The van der Waals surface area contributed by atoms with Crippen molar-refractivity contribution in [1.29, 1.82) is 0 Å². The number of morpholine rings is 1. The first kappa shape index (κ1) is 13.9. The number of rotatable bonds is 4. The Labute approximate surface area is 119 Å². The van der Waals surface area contributed by atoms with E-state index in [0.717, 1.165) is 25.3 Å². The van der Waals surface area contributed by atoms with E-state index in [1.54, 1.807) is 6.07 Å². The number of hydrogen-bond acceptors (Lipinski definition) is 4. The molecule has 4 atom stereocenters. The molecule has 0 spiro atoms. The van der Waals surface area contributed by atoms with Crippen LogP contribution in [0.25, 0.3) is 0 Å². The van der Waals surface area contributed by atoms with Crippen molar-refractivity contribution < 1.29 is 9.13 Å². The van der Waals surface area contributed by atoms with E-state index in [1.165, 1.54) is 25.1 Å². The summed E-state index contributed by atoms with van der Waals surface area (Å²) in [7, 11) is 0. The van der Waals surface area contributed by atoms with Crippen LogP contribution in [0.3, 0.4) is 0 Å².